The van der Waals surface area contributed by atoms with E-state index in [2.05, 4.69) is 6.92 Å². The molecular weight excluding hydrogens is 251 g/mol. The predicted octanol–water partition coefficient (Wildman–Crippen LogP) is 4.92. The lowest BCUT2D eigenvalue weighted by atomic mass is 9.87. The van der Waals surface area contributed by atoms with Crippen LogP contribution in [0.25, 0.3) is 0 Å². The van der Waals surface area contributed by atoms with Crippen LogP contribution in [-0.2, 0) is 6.18 Å². The summed E-state index contributed by atoms with van der Waals surface area (Å²) in [4.78, 5) is 0. The summed E-state index contributed by atoms with van der Waals surface area (Å²) in [6, 6.07) is 5.07. The first-order valence-electron chi connectivity index (χ1n) is 6.82. The number of benzene rings is 1. The number of nitrogens with two attached hydrogens (primary N) is 1. The van der Waals surface area contributed by atoms with E-state index in [9.17, 15) is 13.2 Å². The molecule has 0 saturated carbocycles. The van der Waals surface area contributed by atoms with Gasteiger partial charge in [-0.3, -0.25) is 0 Å². The molecule has 19 heavy (non-hydrogen) atoms. The molecule has 2 atom stereocenters. The van der Waals surface area contributed by atoms with E-state index in [0.29, 0.717) is 5.56 Å². The van der Waals surface area contributed by atoms with Crippen molar-refractivity contribution in [1.29, 1.82) is 0 Å². The molecule has 0 bridgehead atoms. The minimum atomic E-state index is -4.30. The molecule has 0 aromatic heterocycles. The molecule has 0 saturated heterocycles. The first-order chi connectivity index (χ1) is 8.90. The summed E-state index contributed by atoms with van der Waals surface area (Å²) in [5, 5.41) is 0. The van der Waals surface area contributed by atoms with E-state index >= 15 is 0 Å². The molecule has 0 aliphatic carbocycles. The number of alkyl halides is 3. The summed E-state index contributed by atoms with van der Waals surface area (Å²) < 4.78 is 38.0. The fourth-order valence-corrected chi connectivity index (χ4v) is 2.30. The third-order valence-electron chi connectivity index (χ3n) is 3.56. The van der Waals surface area contributed by atoms with E-state index in [-0.39, 0.29) is 12.0 Å². The highest BCUT2D eigenvalue weighted by Crippen LogP contribution is 2.33. The summed E-state index contributed by atoms with van der Waals surface area (Å²) in [7, 11) is 0. The van der Waals surface area contributed by atoms with Gasteiger partial charge in [-0.2, -0.15) is 13.2 Å². The van der Waals surface area contributed by atoms with Gasteiger partial charge in [0.05, 0.1) is 5.56 Å². The molecule has 4 heteroatoms. The Hall–Kier alpha value is -1.03. The molecule has 0 fully saturated rings. The minimum Gasteiger partial charge on any atom is -0.324 e. The van der Waals surface area contributed by atoms with Gasteiger partial charge < -0.3 is 5.73 Å². The van der Waals surface area contributed by atoms with Crippen LogP contribution >= 0.6 is 0 Å². The Bertz CT molecular complexity index is 387. The number of hydrogen-bond donors (Lipinski definition) is 1. The van der Waals surface area contributed by atoms with Crippen molar-refractivity contribution in [1.82, 2.24) is 0 Å². The van der Waals surface area contributed by atoms with Crippen LogP contribution in [0.3, 0.4) is 0 Å². The van der Waals surface area contributed by atoms with Gasteiger partial charge >= 0.3 is 6.18 Å². The number of unbranched alkanes of at least 4 members (excludes halogenated alkanes) is 1. The van der Waals surface area contributed by atoms with Gasteiger partial charge in [-0.05, 0) is 30.0 Å². The predicted molar refractivity (Wildman–Crippen MR) is 71.7 cm³/mol. The lowest BCUT2D eigenvalue weighted by Crippen LogP contribution is -2.21. The molecule has 2 N–H and O–H groups in total. The number of hydrogen-bond acceptors (Lipinski definition) is 1. The number of rotatable bonds is 6. The van der Waals surface area contributed by atoms with Crippen LogP contribution in [0.2, 0.25) is 0 Å². The highest BCUT2D eigenvalue weighted by molar-refractivity contribution is 5.28. The van der Waals surface area contributed by atoms with Gasteiger partial charge in [-0.1, -0.05) is 45.2 Å². The average molecular weight is 273 g/mol. The third kappa shape index (κ3) is 4.53. The highest BCUT2D eigenvalue weighted by Gasteiger charge is 2.31. The lowest BCUT2D eigenvalue weighted by molar-refractivity contribution is -0.137. The molecule has 1 aromatic carbocycles. The van der Waals surface area contributed by atoms with Gasteiger partial charge in [0.1, 0.15) is 0 Å². The Morgan fingerprint density at radius 3 is 2.42 bits per heavy atom. The van der Waals surface area contributed by atoms with Crippen LogP contribution in [0.1, 0.15) is 56.7 Å². The summed E-state index contributed by atoms with van der Waals surface area (Å²) >= 11 is 0. The Labute approximate surface area is 113 Å². The summed E-state index contributed by atoms with van der Waals surface area (Å²) in [6.07, 6.45) is -0.320. The van der Waals surface area contributed by atoms with E-state index in [1.807, 2.05) is 6.92 Å². The van der Waals surface area contributed by atoms with E-state index in [0.717, 1.165) is 31.7 Å². The average Bonchev–Trinajstić information content (AvgIpc) is 2.38. The second-order valence-corrected chi connectivity index (χ2v) is 4.96. The van der Waals surface area contributed by atoms with Gasteiger partial charge in [-0.15, -0.1) is 0 Å². The fourth-order valence-electron chi connectivity index (χ4n) is 2.30. The van der Waals surface area contributed by atoms with Crippen molar-refractivity contribution < 1.29 is 13.2 Å². The second-order valence-electron chi connectivity index (χ2n) is 4.96. The first-order valence-corrected chi connectivity index (χ1v) is 6.82. The summed E-state index contributed by atoms with van der Waals surface area (Å²) in [5.74, 6) is 0.239. The Kier molecular flexibility index (Phi) is 5.85. The van der Waals surface area contributed by atoms with Gasteiger partial charge in [0, 0.05) is 6.04 Å². The lowest BCUT2D eigenvalue weighted by Gasteiger charge is -2.23. The van der Waals surface area contributed by atoms with Crippen molar-refractivity contribution in [2.75, 3.05) is 0 Å². The molecule has 0 amide bonds. The maximum Gasteiger partial charge on any atom is 0.416 e. The van der Waals surface area contributed by atoms with Crippen molar-refractivity contribution in [3.05, 3.63) is 35.4 Å². The van der Waals surface area contributed by atoms with Crippen LogP contribution in [0, 0.1) is 5.92 Å². The standard InChI is InChI=1S/C15H22F3N/c1-3-5-7-11(4-2)14(19)12-8-6-9-13(10-12)15(16,17)18/h6,8-11,14H,3-5,7,19H2,1-2H3. The molecule has 0 aliphatic rings. The van der Waals surface area contributed by atoms with Crippen LogP contribution in [0.5, 0.6) is 0 Å². The summed E-state index contributed by atoms with van der Waals surface area (Å²) in [6.45, 7) is 4.14. The van der Waals surface area contributed by atoms with Crippen molar-refractivity contribution in [3.8, 4) is 0 Å². The first kappa shape index (κ1) is 16.0. The van der Waals surface area contributed by atoms with E-state index in [1.54, 1.807) is 6.07 Å². The van der Waals surface area contributed by atoms with Gasteiger partial charge in [0.2, 0.25) is 0 Å². The van der Waals surface area contributed by atoms with E-state index in [4.69, 9.17) is 5.73 Å². The van der Waals surface area contributed by atoms with Gasteiger partial charge in [-0.25, -0.2) is 0 Å². The maximum atomic E-state index is 12.7. The quantitative estimate of drug-likeness (QED) is 0.782. The van der Waals surface area contributed by atoms with Gasteiger partial charge in [0.15, 0.2) is 0 Å². The van der Waals surface area contributed by atoms with Gasteiger partial charge in [0.25, 0.3) is 0 Å². The molecule has 108 valence electrons. The molecule has 2 unspecified atom stereocenters. The minimum absolute atomic E-state index is 0.239. The molecule has 0 heterocycles. The molecule has 1 rings (SSSR count). The topological polar surface area (TPSA) is 26.0 Å². The smallest absolute Gasteiger partial charge is 0.324 e. The Balaban J connectivity index is 2.89. The van der Waals surface area contributed by atoms with Crippen molar-refractivity contribution >= 4 is 0 Å². The molecule has 0 aliphatic heterocycles. The van der Waals surface area contributed by atoms with Crippen molar-refractivity contribution in [2.24, 2.45) is 11.7 Å². The molecule has 1 aromatic rings. The van der Waals surface area contributed by atoms with E-state index < -0.39 is 11.7 Å². The second kappa shape index (κ2) is 6.94. The summed E-state index contributed by atoms with van der Waals surface area (Å²) in [5.41, 5.74) is 6.10. The fraction of sp³-hybridized carbons (Fsp3) is 0.600. The normalized spacial score (nSPS) is 15.3. The Morgan fingerprint density at radius 1 is 1.21 bits per heavy atom. The molecule has 0 radical (unpaired) electrons. The van der Waals surface area contributed by atoms with Crippen LogP contribution < -0.4 is 5.73 Å². The largest absolute Gasteiger partial charge is 0.416 e. The Morgan fingerprint density at radius 2 is 1.89 bits per heavy atom. The monoisotopic (exact) mass is 273 g/mol. The SMILES string of the molecule is CCCCC(CC)C(N)c1cccc(C(F)(F)F)c1. The molecule has 1 nitrogen and oxygen atoms in total. The van der Waals surface area contributed by atoms with Crippen LogP contribution in [-0.4, -0.2) is 0 Å². The third-order valence-corrected chi connectivity index (χ3v) is 3.56. The molecule has 0 spiro atoms. The zero-order valence-corrected chi connectivity index (χ0v) is 11.5. The maximum absolute atomic E-state index is 12.7. The van der Waals surface area contributed by atoms with Crippen molar-refractivity contribution in [2.45, 2.75) is 51.7 Å². The zero-order chi connectivity index (χ0) is 14.5. The number of halogens is 3. The van der Waals surface area contributed by atoms with Crippen molar-refractivity contribution in [3.63, 3.8) is 0 Å². The van der Waals surface area contributed by atoms with Crippen LogP contribution in [0.4, 0.5) is 13.2 Å². The highest BCUT2D eigenvalue weighted by atomic mass is 19.4. The van der Waals surface area contributed by atoms with E-state index in [1.165, 1.54) is 12.1 Å². The van der Waals surface area contributed by atoms with Crippen LogP contribution in [0.15, 0.2) is 24.3 Å². The zero-order valence-electron chi connectivity index (χ0n) is 11.5. The molecular formula is C15H22F3N.